The molecule has 1 N–H and O–H groups in total. The molecule has 3 aromatic carbocycles. The smallest absolute Gasteiger partial charge is 0.271 e. The Kier molecular flexibility index (Phi) is 7.82. The Hall–Kier alpha value is -3.60. The molecule has 0 aliphatic carbocycles. The highest BCUT2D eigenvalue weighted by molar-refractivity contribution is 5.95. The van der Waals surface area contributed by atoms with E-state index in [0.29, 0.717) is 17.9 Å². The van der Waals surface area contributed by atoms with E-state index in [1.165, 1.54) is 11.3 Å². The van der Waals surface area contributed by atoms with E-state index >= 15 is 0 Å². The number of carbonyl (C=O) groups is 1. The summed E-state index contributed by atoms with van der Waals surface area (Å²) in [7, 11) is 0. The van der Waals surface area contributed by atoms with Crippen LogP contribution in [0.1, 0.15) is 40.9 Å². The highest BCUT2D eigenvalue weighted by atomic mass is 16.5. The van der Waals surface area contributed by atoms with Crippen LogP contribution < -0.4 is 15.1 Å². The summed E-state index contributed by atoms with van der Waals surface area (Å²) in [4.78, 5) is 14.6. The van der Waals surface area contributed by atoms with E-state index in [1.807, 2.05) is 24.3 Å². The van der Waals surface area contributed by atoms with Crippen molar-refractivity contribution in [3.8, 4) is 5.75 Å². The largest absolute Gasteiger partial charge is 0.489 e. The second-order valence-corrected chi connectivity index (χ2v) is 7.26. The van der Waals surface area contributed by atoms with Crippen LogP contribution in [-0.4, -0.2) is 25.2 Å². The summed E-state index contributed by atoms with van der Waals surface area (Å²) in [5.41, 5.74) is 7.52. The highest BCUT2D eigenvalue weighted by Crippen LogP contribution is 2.15. The summed E-state index contributed by atoms with van der Waals surface area (Å²) in [5.74, 6) is 0.454. The lowest BCUT2D eigenvalue weighted by Gasteiger charge is -2.20. The molecule has 3 aromatic rings. The van der Waals surface area contributed by atoms with Crippen LogP contribution in [0.2, 0.25) is 0 Å². The third-order valence-electron chi connectivity index (χ3n) is 5.04. The SMILES string of the molecule is CCN(CC)c1ccc(/C=N/NC(=O)c2ccc(OCc3ccc(C)cc3)cc2)cc1. The molecule has 3 rings (SSSR count). The van der Waals surface area contributed by atoms with Gasteiger partial charge in [-0.05, 0) is 68.3 Å². The van der Waals surface area contributed by atoms with Gasteiger partial charge in [0.05, 0.1) is 6.21 Å². The fourth-order valence-corrected chi connectivity index (χ4v) is 3.14. The Labute approximate surface area is 184 Å². The quantitative estimate of drug-likeness (QED) is 0.387. The lowest BCUT2D eigenvalue weighted by Crippen LogP contribution is -2.21. The third kappa shape index (κ3) is 6.44. The molecular formula is C26H29N3O2. The van der Waals surface area contributed by atoms with Crippen molar-refractivity contribution >= 4 is 17.8 Å². The van der Waals surface area contributed by atoms with Crippen LogP contribution in [0.4, 0.5) is 5.69 Å². The molecule has 0 saturated heterocycles. The maximum atomic E-state index is 12.3. The number of ether oxygens (including phenoxy) is 1. The number of hydrogen-bond acceptors (Lipinski definition) is 4. The zero-order valence-corrected chi connectivity index (χ0v) is 18.3. The van der Waals surface area contributed by atoms with Crippen molar-refractivity contribution in [1.82, 2.24) is 5.43 Å². The Morgan fingerprint density at radius 2 is 1.58 bits per heavy atom. The van der Waals surface area contributed by atoms with Gasteiger partial charge in [-0.25, -0.2) is 5.43 Å². The lowest BCUT2D eigenvalue weighted by atomic mass is 10.2. The van der Waals surface area contributed by atoms with Crippen molar-refractivity contribution < 1.29 is 9.53 Å². The number of benzene rings is 3. The Bertz CT molecular complexity index is 990. The van der Waals surface area contributed by atoms with Gasteiger partial charge in [-0.15, -0.1) is 0 Å². The van der Waals surface area contributed by atoms with Crippen molar-refractivity contribution in [1.29, 1.82) is 0 Å². The minimum atomic E-state index is -0.263. The number of nitrogens with one attached hydrogen (secondary N) is 1. The van der Waals surface area contributed by atoms with Crippen LogP contribution in [0.25, 0.3) is 0 Å². The summed E-state index contributed by atoms with van der Waals surface area (Å²) in [6.07, 6.45) is 1.64. The molecule has 0 saturated carbocycles. The molecule has 0 fully saturated rings. The van der Waals surface area contributed by atoms with Gasteiger partial charge in [-0.3, -0.25) is 4.79 Å². The summed E-state index contributed by atoms with van der Waals surface area (Å²) in [6.45, 7) is 8.75. The second-order valence-electron chi connectivity index (χ2n) is 7.26. The van der Waals surface area contributed by atoms with Gasteiger partial charge >= 0.3 is 0 Å². The maximum absolute atomic E-state index is 12.3. The fourth-order valence-electron chi connectivity index (χ4n) is 3.14. The van der Waals surface area contributed by atoms with Gasteiger partial charge in [0.15, 0.2) is 0 Å². The summed E-state index contributed by atoms with van der Waals surface area (Å²) >= 11 is 0. The number of hydrazone groups is 1. The summed E-state index contributed by atoms with van der Waals surface area (Å²) < 4.78 is 5.78. The monoisotopic (exact) mass is 415 g/mol. The lowest BCUT2D eigenvalue weighted by molar-refractivity contribution is 0.0955. The summed E-state index contributed by atoms with van der Waals surface area (Å²) in [6, 6.07) is 23.4. The fraction of sp³-hybridized carbons (Fsp3) is 0.231. The molecule has 0 aliphatic rings. The van der Waals surface area contributed by atoms with Crippen molar-refractivity contribution in [3.05, 3.63) is 95.1 Å². The first-order chi connectivity index (χ1) is 15.1. The van der Waals surface area contributed by atoms with Crippen molar-refractivity contribution in [2.45, 2.75) is 27.4 Å². The first-order valence-electron chi connectivity index (χ1n) is 10.6. The number of aryl methyl sites for hydroxylation is 1. The van der Waals surface area contributed by atoms with Crippen molar-refractivity contribution in [2.75, 3.05) is 18.0 Å². The van der Waals surface area contributed by atoms with Gasteiger partial charge < -0.3 is 9.64 Å². The first-order valence-corrected chi connectivity index (χ1v) is 10.6. The van der Waals surface area contributed by atoms with Gasteiger partial charge in [0.1, 0.15) is 12.4 Å². The van der Waals surface area contributed by atoms with E-state index in [9.17, 15) is 4.79 Å². The van der Waals surface area contributed by atoms with Gasteiger partial charge in [0, 0.05) is 24.3 Å². The first kappa shape index (κ1) is 22.1. The second kappa shape index (κ2) is 11.0. The zero-order valence-electron chi connectivity index (χ0n) is 18.3. The molecule has 0 radical (unpaired) electrons. The predicted octanol–water partition coefficient (Wildman–Crippen LogP) is 5.18. The highest BCUT2D eigenvalue weighted by Gasteiger charge is 2.05. The van der Waals surface area contributed by atoms with Crippen molar-refractivity contribution in [2.24, 2.45) is 5.10 Å². The minimum absolute atomic E-state index is 0.263. The van der Waals surface area contributed by atoms with Crippen LogP contribution in [0.3, 0.4) is 0 Å². The topological polar surface area (TPSA) is 53.9 Å². The average Bonchev–Trinajstić information content (AvgIpc) is 2.81. The molecular weight excluding hydrogens is 386 g/mol. The molecule has 1 amide bonds. The van der Waals surface area contributed by atoms with E-state index in [0.717, 1.165) is 24.2 Å². The van der Waals surface area contributed by atoms with E-state index < -0.39 is 0 Å². The minimum Gasteiger partial charge on any atom is -0.489 e. The Morgan fingerprint density at radius 1 is 0.935 bits per heavy atom. The zero-order chi connectivity index (χ0) is 22.1. The molecule has 0 heterocycles. The molecule has 5 nitrogen and oxygen atoms in total. The molecule has 160 valence electrons. The van der Waals surface area contributed by atoms with Crippen LogP contribution in [0.15, 0.2) is 77.9 Å². The van der Waals surface area contributed by atoms with Crippen LogP contribution >= 0.6 is 0 Å². The molecule has 0 spiro atoms. The van der Waals surface area contributed by atoms with Crippen molar-refractivity contribution in [3.63, 3.8) is 0 Å². The maximum Gasteiger partial charge on any atom is 0.271 e. The number of nitrogens with zero attached hydrogens (tertiary/aromatic N) is 2. The third-order valence-corrected chi connectivity index (χ3v) is 5.04. The summed E-state index contributed by atoms with van der Waals surface area (Å²) in [5, 5.41) is 4.07. The molecule has 0 atom stereocenters. The van der Waals surface area contributed by atoms with Crippen LogP contribution in [-0.2, 0) is 6.61 Å². The number of rotatable bonds is 9. The normalized spacial score (nSPS) is 10.8. The number of anilines is 1. The number of hydrogen-bond donors (Lipinski definition) is 1. The standard InChI is InChI=1S/C26H29N3O2/c1-4-29(5-2)24-14-10-21(11-15-24)18-27-28-26(30)23-12-16-25(17-13-23)31-19-22-8-6-20(3)7-9-22/h6-18H,4-5,19H2,1-3H3,(H,28,30)/b27-18+. The molecule has 0 aromatic heterocycles. The molecule has 0 bridgehead atoms. The van der Waals surface area contributed by atoms with E-state index in [2.05, 4.69) is 60.5 Å². The van der Waals surface area contributed by atoms with E-state index in [-0.39, 0.29) is 5.91 Å². The van der Waals surface area contributed by atoms with Gasteiger partial charge in [0.2, 0.25) is 0 Å². The molecule has 31 heavy (non-hydrogen) atoms. The van der Waals surface area contributed by atoms with E-state index in [4.69, 9.17) is 4.74 Å². The van der Waals surface area contributed by atoms with Crippen LogP contribution in [0.5, 0.6) is 5.75 Å². The molecule has 0 aliphatic heterocycles. The molecule has 0 unspecified atom stereocenters. The molecule has 5 heteroatoms. The van der Waals surface area contributed by atoms with Gasteiger partial charge in [-0.2, -0.15) is 5.10 Å². The van der Waals surface area contributed by atoms with E-state index in [1.54, 1.807) is 30.5 Å². The Morgan fingerprint density at radius 3 is 2.19 bits per heavy atom. The number of amides is 1. The predicted molar refractivity (Wildman–Crippen MR) is 127 cm³/mol. The number of carbonyl (C=O) groups excluding carboxylic acids is 1. The van der Waals surface area contributed by atoms with Gasteiger partial charge in [0.25, 0.3) is 5.91 Å². The average molecular weight is 416 g/mol. The van der Waals surface area contributed by atoms with Crippen LogP contribution in [0, 0.1) is 6.92 Å². The Balaban J connectivity index is 1.50. The van der Waals surface area contributed by atoms with Gasteiger partial charge in [-0.1, -0.05) is 42.0 Å².